The zero-order chi connectivity index (χ0) is 23.6. The molecule has 0 aliphatic carbocycles. The van der Waals surface area contributed by atoms with Crippen molar-refractivity contribution in [1.82, 2.24) is 4.98 Å². The van der Waals surface area contributed by atoms with E-state index in [9.17, 15) is 13.0 Å². The molecule has 3 N–H and O–H groups in total. The van der Waals surface area contributed by atoms with Crippen LogP contribution in [0.3, 0.4) is 0 Å². The SMILES string of the molecule is CC(C)Oc1ccccc1-c1ccc(/N=N/c2cc(S(=O)(=O)O)c3ccccc3c2N)cn1.[NaH]. The summed E-state index contributed by atoms with van der Waals surface area (Å²) < 4.78 is 39.2. The number of para-hydroxylation sites is 1. The Morgan fingerprint density at radius 3 is 2.29 bits per heavy atom. The van der Waals surface area contributed by atoms with Gasteiger partial charge in [-0.1, -0.05) is 36.4 Å². The molecule has 4 aromatic rings. The number of nitrogen functional groups attached to an aromatic ring is 1. The Hall–Kier alpha value is -2.82. The first-order chi connectivity index (χ1) is 15.7. The maximum absolute atomic E-state index is 11.9. The molecular formula is C24H23N4NaO4S. The Kier molecular flexibility index (Phi) is 8.06. The van der Waals surface area contributed by atoms with Gasteiger partial charge in [0.15, 0.2) is 0 Å². The predicted molar refractivity (Wildman–Crippen MR) is 135 cm³/mol. The average molecular weight is 487 g/mol. The van der Waals surface area contributed by atoms with Crippen LogP contribution in [-0.4, -0.2) is 53.6 Å². The van der Waals surface area contributed by atoms with Crippen LogP contribution in [0.25, 0.3) is 22.0 Å². The van der Waals surface area contributed by atoms with Crippen molar-refractivity contribution in [2.24, 2.45) is 10.2 Å². The fourth-order valence-corrected chi connectivity index (χ4v) is 4.11. The van der Waals surface area contributed by atoms with Crippen molar-refractivity contribution in [3.8, 4) is 17.0 Å². The van der Waals surface area contributed by atoms with Gasteiger partial charge in [-0.3, -0.25) is 9.54 Å². The van der Waals surface area contributed by atoms with Crippen molar-refractivity contribution in [3.05, 3.63) is 72.9 Å². The molecule has 0 aliphatic rings. The number of fused-ring (bicyclic) bond motifs is 1. The molecule has 1 heterocycles. The van der Waals surface area contributed by atoms with Crippen LogP contribution in [0.2, 0.25) is 0 Å². The number of hydrogen-bond acceptors (Lipinski definition) is 7. The Labute approximate surface area is 219 Å². The first-order valence-corrected chi connectivity index (χ1v) is 11.6. The van der Waals surface area contributed by atoms with Gasteiger partial charge >= 0.3 is 29.6 Å². The Balaban J connectivity index is 0.00000324. The molecule has 0 atom stereocenters. The molecule has 0 spiro atoms. The molecule has 0 unspecified atom stereocenters. The molecule has 0 bridgehead atoms. The number of pyridine rings is 1. The summed E-state index contributed by atoms with van der Waals surface area (Å²) in [5.41, 5.74) is 8.59. The van der Waals surface area contributed by atoms with Crippen LogP contribution in [0.15, 0.2) is 88.1 Å². The van der Waals surface area contributed by atoms with E-state index in [1.807, 2.05) is 38.1 Å². The fraction of sp³-hybridized carbons (Fsp3) is 0.125. The van der Waals surface area contributed by atoms with Crippen molar-refractivity contribution < 1.29 is 17.7 Å². The third-order valence-corrected chi connectivity index (χ3v) is 5.74. The van der Waals surface area contributed by atoms with Gasteiger partial charge in [-0.25, -0.2) is 0 Å². The van der Waals surface area contributed by atoms with Gasteiger partial charge in [0.2, 0.25) is 0 Å². The number of aromatic nitrogens is 1. The third kappa shape index (κ3) is 5.63. The van der Waals surface area contributed by atoms with Crippen LogP contribution in [0.4, 0.5) is 17.1 Å². The van der Waals surface area contributed by atoms with Crippen molar-refractivity contribution >= 4 is 67.5 Å². The monoisotopic (exact) mass is 486 g/mol. The van der Waals surface area contributed by atoms with E-state index in [1.165, 1.54) is 6.07 Å². The predicted octanol–water partition coefficient (Wildman–Crippen LogP) is 5.28. The van der Waals surface area contributed by atoms with Crippen LogP contribution in [0, 0.1) is 0 Å². The summed E-state index contributed by atoms with van der Waals surface area (Å²) in [6.07, 6.45) is 1.57. The summed E-state index contributed by atoms with van der Waals surface area (Å²) in [7, 11) is -4.48. The quantitative estimate of drug-likeness (QED) is 0.165. The standard InChI is InChI=1S/C24H22N4O4S.Na.H/c1-15(2)32-22-10-6-5-9-19(22)20-12-11-16(14-26-20)27-28-21-13-23(33(29,30)31)17-7-3-4-8-18(17)24(21)25;;/h3-15H,25H2,1-2H3,(H,29,30,31);;/b28-27+;;. The number of rotatable bonds is 6. The molecule has 1 aromatic heterocycles. The van der Waals surface area contributed by atoms with Crippen molar-refractivity contribution in [3.63, 3.8) is 0 Å². The number of nitrogens with zero attached hydrogens (tertiary/aromatic N) is 3. The average Bonchev–Trinajstić information content (AvgIpc) is 2.78. The van der Waals surface area contributed by atoms with Crippen molar-refractivity contribution in [2.75, 3.05) is 5.73 Å². The molecule has 8 nitrogen and oxygen atoms in total. The summed E-state index contributed by atoms with van der Waals surface area (Å²) in [5.74, 6) is 0.732. The molecule has 0 fully saturated rings. The molecule has 0 amide bonds. The second kappa shape index (κ2) is 10.6. The van der Waals surface area contributed by atoms with E-state index in [0.717, 1.165) is 11.3 Å². The summed E-state index contributed by atoms with van der Waals surface area (Å²) in [6, 6.07) is 19.0. The number of hydrogen-bond donors (Lipinski definition) is 2. The molecule has 34 heavy (non-hydrogen) atoms. The first kappa shape index (κ1) is 25.8. The van der Waals surface area contributed by atoms with Gasteiger partial charge in [-0.2, -0.15) is 8.42 Å². The van der Waals surface area contributed by atoms with Crippen LogP contribution < -0.4 is 10.5 Å². The summed E-state index contributed by atoms with van der Waals surface area (Å²) in [4.78, 5) is 4.18. The molecule has 0 saturated carbocycles. The van der Waals surface area contributed by atoms with Crippen LogP contribution >= 0.6 is 0 Å². The fourth-order valence-electron chi connectivity index (χ4n) is 3.40. The maximum atomic E-state index is 11.9. The third-order valence-electron chi connectivity index (χ3n) is 4.85. The van der Waals surface area contributed by atoms with Gasteiger partial charge in [-0.05, 0) is 44.2 Å². The van der Waals surface area contributed by atoms with Crippen LogP contribution in [0.5, 0.6) is 5.75 Å². The van der Waals surface area contributed by atoms with Gasteiger partial charge in [0.1, 0.15) is 22.0 Å². The molecule has 0 aliphatic heterocycles. The number of azo groups is 1. The zero-order valence-electron chi connectivity index (χ0n) is 18.0. The second-order valence-corrected chi connectivity index (χ2v) is 8.98. The van der Waals surface area contributed by atoms with Gasteiger partial charge in [-0.15, -0.1) is 10.2 Å². The summed E-state index contributed by atoms with van der Waals surface area (Å²) in [6.45, 7) is 3.92. The molecule has 3 aromatic carbocycles. The van der Waals surface area contributed by atoms with E-state index in [2.05, 4.69) is 15.2 Å². The van der Waals surface area contributed by atoms with Crippen LogP contribution in [-0.2, 0) is 10.1 Å². The van der Waals surface area contributed by atoms with Gasteiger partial charge in [0.25, 0.3) is 10.1 Å². The minimum absolute atomic E-state index is 0. The molecule has 0 radical (unpaired) electrons. The zero-order valence-corrected chi connectivity index (χ0v) is 18.8. The van der Waals surface area contributed by atoms with E-state index in [0.29, 0.717) is 22.2 Å². The number of nitrogens with two attached hydrogens (primary N) is 1. The van der Waals surface area contributed by atoms with E-state index in [4.69, 9.17) is 10.5 Å². The Morgan fingerprint density at radius 1 is 0.971 bits per heavy atom. The van der Waals surface area contributed by atoms with Gasteiger partial charge < -0.3 is 10.5 Å². The Morgan fingerprint density at radius 2 is 1.65 bits per heavy atom. The summed E-state index contributed by atoms with van der Waals surface area (Å²) >= 11 is 0. The molecular weight excluding hydrogens is 463 g/mol. The first-order valence-electron chi connectivity index (χ1n) is 10.2. The molecule has 170 valence electrons. The number of benzene rings is 3. The number of anilines is 1. The molecule has 10 heteroatoms. The van der Waals surface area contributed by atoms with E-state index >= 15 is 0 Å². The molecule has 4 rings (SSSR count). The van der Waals surface area contributed by atoms with Crippen LogP contribution in [0.1, 0.15) is 13.8 Å². The van der Waals surface area contributed by atoms with Gasteiger partial charge in [0, 0.05) is 16.3 Å². The summed E-state index contributed by atoms with van der Waals surface area (Å²) in [5, 5.41) is 9.03. The van der Waals surface area contributed by atoms with E-state index < -0.39 is 10.1 Å². The van der Waals surface area contributed by atoms with E-state index in [1.54, 1.807) is 42.6 Å². The van der Waals surface area contributed by atoms with Gasteiger partial charge in [0.05, 0.1) is 23.7 Å². The Bertz CT molecular complexity index is 1460. The van der Waals surface area contributed by atoms with Crippen molar-refractivity contribution in [1.29, 1.82) is 0 Å². The number of ether oxygens (including phenoxy) is 1. The minimum atomic E-state index is -4.48. The topological polar surface area (TPSA) is 127 Å². The second-order valence-electron chi connectivity index (χ2n) is 7.59. The van der Waals surface area contributed by atoms with Crippen molar-refractivity contribution in [2.45, 2.75) is 24.8 Å². The normalized spacial score (nSPS) is 11.6. The van der Waals surface area contributed by atoms with E-state index in [-0.39, 0.29) is 51.9 Å². The molecule has 0 saturated heterocycles.